The summed E-state index contributed by atoms with van der Waals surface area (Å²) in [7, 11) is 0. The van der Waals surface area contributed by atoms with Gasteiger partial charge >= 0.3 is 17.9 Å². The summed E-state index contributed by atoms with van der Waals surface area (Å²) in [5, 5.41) is 0. The summed E-state index contributed by atoms with van der Waals surface area (Å²) >= 11 is 0. The molecule has 0 amide bonds. The summed E-state index contributed by atoms with van der Waals surface area (Å²) in [6.45, 7) is 6.34. The lowest BCUT2D eigenvalue weighted by molar-refractivity contribution is -0.167. The number of esters is 3. The Hall–Kier alpha value is -4.45. The van der Waals surface area contributed by atoms with Crippen LogP contribution < -0.4 is 0 Å². The molecule has 73 heavy (non-hydrogen) atoms. The van der Waals surface area contributed by atoms with Gasteiger partial charge in [0.2, 0.25) is 0 Å². The number of carbonyl (C=O) groups excluding carboxylic acids is 3. The highest BCUT2D eigenvalue weighted by Crippen LogP contribution is 2.14. The van der Waals surface area contributed by atoms with Crippen molar-refractivity contribution in [3.05, 3.63) is 134 Å². The van der Waals surface area contributed by atoms with Gasteiger partial charge in [-0.3, -0.25) is 14.4 Å². The maximum absolute atomic E-state index is 12.9. The van der Waals surface area contributed by atoms with Crippen molar-refractivity contribution in [2.24, 2.45) is 0 Å². The van der Waals surface area contributed by atoms with Crippen molar-refractivity contribution in [2.45, 2.75) is 258 Å². The first-order valence-electron chi connectivity index (χ1n) is 29.7. The fraction of sp³-hybridized carbons (Fsp3) is 0.627. The van der Waals surface area contributed by atoms with Gasteiger partial charge in [-0.15, -0.1) is 0 Å². The van der Waals surface area contributed by atoms with Gasteiger partial charge in [-0.1, -0.05) is 238 Å². The molecule has 1 unspecified atom stereocenters. The second-order valence-corrected chi connectivity index (χ2v) is 19.1. The van der Waals surface area contributed by atoms with Crippen LogP contribution in [0.25, 0.3) is 0 Å². The largest absolute Gasteiger partial charge is 0.462 e. The third-order valence-corrected chi connectivity index (χ3v) is 12.1. The van der Waals surface area contributed by atoms with Crippen molar-refractivity contribution >= 4 is 17.9 Å². The summed E-state index contributed by atoms with van der Waals surface area (Å²) in [6.07, 6.45) is 84.4. The molecule has 0 heterocycles. The van der Waals surface area contributed by atoms with Gasteiger partial charge in [0.25, 0.3) is 0 Å². The molecule has 0 aliphatic rings. The Kier molecular flexibility index (Phi) is 56.4. The molecule has 0 aromatic carbocycles. The maximum Gasteiger partial charge on any atom is 0.306 e. The Morgan fingerprint density at radius 1 is 0.288 bits per heavy atom. The molecular formula is C67H108O6. The van der Waals surface area contributed by atoms with Crippen molar-refractivity contribution in [1.29, 1.82) is 0 Å². The fourth-order valence-corrected chi connectivity index (χ4v) is 7.71. The number of rotatable bonds is 52. The number of allylic oxidation sites excluding steroid dienone is 22. The van der Waals surface area contributed by atoms with Crippen molar-refractivity contribution in [2.75, 3.05) is 13.2 Å². The second-order valence-electron chi connectivity index (χ2n) is 19.1. The first kappa shape index (κ1) is 68.6. The highest BCUT2D eigenvalue weighted by atomic mass is 16.6. The zero-order chi connectivity index (χ0) is 52.9. The van der Waals surface area contributed by atoms with Gasteiger partial charge in [0, 0.05) is 19.3 Å². The SMILES string of the molecule is CC/C=C\C/C=C\C/C=C\C/C=C\C/C=C\CCCCCCCCCC(=O)OCC(COC(=O)CCCCCCC/C=C\CCCC)OC(=O)CCCCCCC/C=C\C/C=C\C/C=C\C/C=C\C/C=C\CC. The predicted octanol–water partition coefficient (Wildman–Crippen LogP) is 20.2. The minimum absolute atomic E-state index is 0.0981. The molecule has 0 radical (unpaired) electrons. The Labute approximate surface area is 449 Å². The van der Waals surface area contributed by atoms with E-state index in [0.29, 0.717) is 19.3 Å². The zero-order valence-electron chi connectivity index (χ0n) is 47.1. The fourth-order valence-electron chi connectivity index (χ4n) is 7.71. The molecule has 0 aromatic rings. The summed E-state index contributed by atoms with van der Waals surface area (Å²) < 4.78 is 16.8. The van der Waals surface area contributed by atoms with Crippen molar-refractivity contribution in [3.8, 4) is 0 Å². The van der Waals surface area contributed by atoms with Crippen LogP contribution in [0.3, 0.4) is 0 Å². The first-order valence-corrected chi connectivity index (χ1v) is 29.7. The Morgan fingerprint density at radius 2 is 0.534 bits per heavy atom. The van der Waals surface area contributed by atoms with E-state index in [-0.39, 0.29) is 31.1 Å². The zero-order valence-corrected chi connectivity index (χ0v) is 47.1. The molecule has 412 valence electrons. The molecule has 0 N–H and O–H groups in total. The number of ether oxygens (including phenoxy) is 3. The molecule has 0 saturated carbocycles. The monoisotopic (exact) mass is 1010 g/mol. The van der Waals surface area contributed by atoms with Crippen LogP contribution in [0.5, 0.6) is 0 Å². The van der Waals surface area contributed by atoms with Crippen LogP contribution in [0.2, 0.25) is 0 Å². The predicted molar refractivity (Wildman–Crippen MR) is 316 cm³/mol. The van der Waals surface area contributed by atoms with Gasteiger partial charge in [-0.2, -0.15) is 0 Å². The number of carbonyl (C=O) groups is 3. The molecule has 0 bridgehead atoms. The van der Waals surface area contributed by atoms with Crippen LogP contribution >= 0.6 is 0 Å². The third-order valence-electron chi connectivity index (χ3n) is 12.1. The molecule has 6 nitrogen and oxygen atoms in total. The van der Waals surface area contributed by atoms with Crippen molar-refractivity contribution < 1.29 is 28.6 Å². The molecule has 0 fully saturated rings. The lowest BCUT2D eigenvalue weighted by Crippen LogP contribution is -2.30. The van der Waals surface area contributed by atoms with E-state index in [0.717, 1.165) is 161 Å². The van der Waals surface area contributed by atoms with Crippen LogP contribution in [-0.4, -0.2) is 37.2 Å². The molecule has 0 rings (SSSR count). The molecule has 0 aliphatic carbocycles. The third kappa shape index (κ3) is 58.3. The van der Waals surface area contributed by atoms with Crippen LogP contribution in [0.15, 0.2) is 134 Å². The highest BCUT2D eigenvalue weighted by molar-refractivity contribution is 5.71. The minimum atomic E-state index is -0.802. The van der Waals surface area contributed by atoms with E-state index in [1.54, 1.807) is 0 Å². The van der Waals surface area contributed by atoms with Gasteiger partial charge in [0.1, 0.15) is 13.2 Å². The van der Waals surface area contributed by atoms with Crippen LogP contribution in [0, 0.1) is 0 Å². The average molecular weight is 1010 g/mol. The highest BCUT2D eigenvalue weighted by Gasteiger charge is 2.19. The molecule has 0 aliphatic heterocycles. The molecule has 0 saturated heterocycles. The van der Waals surface area contributed by atoms with E-state index in [1.807, 2.05) is 0 Å². The Morgan fingerprint density at radius 3 is 0.849 bits per heavy atom. The molecular weight excluding hydrogens is 901 g/mol. The molecule has 0 aromatic heterocycles. The van der Waals surface area contributed by atoms with E-state index in [1.165, 1.54) is 51.4 Å². The van der Waals surface area contributed by atoms with Crippen molar-refractivity contribution in [1.82, 2.24) is 0 Å². The summed E-state index contributed by atoms with van der Waals surface area (Å²) in [5.41, 5.74) is 0. The topological polar surface area (TPSA) is 78.9 Å². The molecule has 0 spiro atoms. The number of unbranched alkanes of at least 4 members (excludes halogenated alkanes) is 19. The van der Waals surface area contributed by atoms with Gasteiger partial charge in [-0.25, -0.2) is 0 Å². The van der Waals surface area contributed by atoms with Crippen molar-refractivity contribution in [3.63, 3.8) is 0 Å². The minimum Gasteiger partial charge on any atom is -0.462 e. The number of hydrogen-bond donors (Lipinski definition) is 0. The smallest absolute Gasteiger partial charge is 0.306 e. The van der Waals surface area contributed by atoms with Gasteiger partial charge in [0.15, 0.2) is 6.10 Å². The quantitative estimate of drug-likeness (QED) is 0.0261. The van der Waals surface area contributed by atoms with Crippen LogP contribution in [-0.2, 0) is 28.6 Å². The number of hydrogen-bond acceptors (Lipinski definition) is 6. The first-order chi connectivity index (χ1) is 36.0. The summed E-state index contributed by atoms with van der Waals surface area (Å²) in [5.74, 6) is -0.940. The van der Waals surface area contributed by atoms with Gasteiger partial charge in [-0.05, 0) is 128 Å². The van der Waals surface area contributed by atoms with Gasteiger partial charge < -0.3 is 14.2 Å². The van der Waals surface area contributed by atoms with E-state index >= 15 is 0 Å². The molecule has 1 atom stereocenters. The Balaban J connectivity index is 4.41. The van der Waals surface area contributed by atoms with Gasteiger partial charge in [0.05, 0.1) is 0 Å². The van der Waals surface area contributed by atoms with E-state index < -0.39 is 6.10 Å². The Bertz CT molecular complexity index is 1580. The average Bonchev–Trinajstić information content (AvgIpc) is 3.39. The summed E-state index contributed by atoms with van der Waals surface area (Å²) in [4.78, 5) is 38.2. The standard InChI is InChI=1S/C67H108O6/c1-4-7-10-13-16-19-22-24-26-28-30-32-33-35-36-38-40-42-45-48-51-54-57-60-66(69)72-63-64(62-71-65(68)59-56-53-50-47-44-21-18-15-12-9-6-3)73-67(70)61-58-55-52-49-46-43-41-39-37-34-31-29-27-25-23-20-17-14-11-8-5-2/h7-8,10-11,15-20,24-27,30-32,34-36,39,41,64H,4-6,9,12-14,21-23,28-29,33,37-38,40,42-63H2,1-3H3/b10-7-,11-8-,18-15-,19-16-,20-17-,26-24-,27-25-,32-30-,34-31-,36-35-,41-39-. The molecule has 6 heteroatoms. The lowest BCUT2D eigenvalue weighted by Gasteiger charge is -2.18. The van der Waals surface area contributed by atoms with E-state index in [2.05, 4.69) is 154 Å². The van der Waals surface area contributed by atoms with E-state index in [4.69, 9.17) is 14.2 Å². The maximum atomic E-state index is 12.9. The normalized spacial score (nSPS) is 13.1. The van der Waals surface area contributed by atoms with E-state index in [9.17, 15) is 14.4 Å². The van der Waals surface area contributed by atoms with Crippen LogP contribution in [0.4, 0.5) is 0 Å². The van der Waals surface area contributed by atoms with Crippen LogP contribution in [0.1, 0.15) is 252 Å². The lowest BCUT2D eigenvalue weighted by atomic mass is 10.1. The second kappa shape index (κ2) is 60.1. The summed E-state index contributed by atoms with van der Waals surface area (Å²) in [6, 6.07) is 0.